The lowest BCUT2D eigenvalue weighted by Gasteiger charge is -2.24. The lowest BCUT2D eigenvalue weighted by atomic mass is 10.2. The Hall–Kier alpha value is -2.54. The third-order valence-electron chi connectivity index (χ3n) is 4.34. The van der Waals surface area contributed by atoms with Crippen LogP contribution in [-0.2, 0) is 0 Å². The molecule has 3 aromatic heterocycles. The molecular weight excluding hydrogens is 295 g/mol. The van der Waals surface area contributed by atoms with E-state index >= 15 is 0 Å². The first-order valence-corrected chi connectivity index (χ1v) is 7.70. The SMILES string of the molecule is NC[C@@H]1CCCN1c1ccc(F)c(-c2n[nH]c3ncccc23)n1. The van der Waals surface area contributed by atoms with Gasteiger partial charge in [0, 0.05) is 30.7 Å². The van der Waals surface area contributed by atoms with Gasteiger partial charge in [-0.2, -0.15) is 5.10 Å². The first kappa shape index (κ1) is 14.1. The summed E-state index contributed by atoms with van der Waals surface area (Å²) in [7, 11) is 0. The van der Waals surface area contributed by atoms with Gasteiger partial charge in [0.1, 0.15) is 17.2 Å². The van der Waals surface area contributed by atoms with Gasteiger partial charge in [0.15, 0.2) is 11.5 Å². The average Bonchev–Trinajstić information content (AvgIpc) is 3.22. The van der Waals surface area contributed by atoms with Gasteiger partial charge in [-0.15, -0.1) is 0 Å². The molecule has 0 bridgehead atoms. The van der Waals surface area contributed by atoms with E-state index in [1.54, 1.807) is 18.3 Å². The number of fused-ring (bicyclic) bond motifs is 1. The van der Waals surface area contributed by atoms with Crippen molar-refractivity contribution in [2.75, 3.05) is 18.0 Å². The van der Waals surface area contributed by atoms with Gasteiger partial charge in [-0.3, -0.25) is 5.10 Å². The second-order valence-electron chi connectivity index (χ2n) is 5.70. The highest BCUT2D eigenvalue weighted by Crippen LogP contribution is 2.30. The summed E-state index contributed by atoms with van der Waals surface area (Å²) in [5, 5.41) is 7.78. The van der Waals surface area contributed by atoms with Crippen molar-refractivity contribution in [2.45, 2.75) is 18.9 Å². The van der Waals surface area contributed by atoms with Gasteiger partial charge in [0.05, 0.1) is 0 Å². The number of halogens is 1. The second-order valence-corrected chi connectivity index (χ2v) is 5.70. The van der Waals surface area contributed by atoms with E-state index in [-0.39, 0.29) is 11.7 Å². The standard InChI is InChI=1S/C16H17FN6/c17-12-5-6-13(23-8-2-3-10(23)9-18)20-15(12)14-11-4-1-7-19-16(11)22-21-14/h1,4-7,10H,2-3,8-9,18H2,(H,19,21,22)/t10-/m0/s1. The molecule has 4 heterocycles. The number of aromatic nitrogens is 4. The van der Waals surface area contributed by atoms with Crippen LogP contribution in [0.4, 0.5) is 10.2 Å². The first-order chi connectivity index (χ1) is 11.3. The zero-order valence-corrected chi connectivity index (χ0v) is 12.5. The minimum Gasteiger partial charge on any atom is -0.352 e. The summed E-state index contributed by atoms with van der Waals surface area (Å²) in [5.74, 6) is 0.351. The van der Waals surface area contributed by atoms with Gasteiger partial charge in [0.25, 0.3) is 0 Å². The molecule has 0 radical (unpaired) electrons. The second kappa shape index (κ2) is 5.58. The molecule has 0 saturated carbocycles. The summed E-state index contributed by atoms with van der Waals surface area (Å²) in [5.41, 5.74) is 7.17. The van der Waals surface area contributed by atoms with Crippen LogP contribution in [0.25, 0.3) is 22.4 Å². The smallest absolute Gasteiger partial charge is 0.155 e. The maximum atomic E-state index is 14.3. The number of rotatable bonds is 3. The number of nitrogens with one attached hydrogen (secondary N) is 1. The normalized spacial score (nSPS) is 18.0. The summed E-state index contributed by atoms with van der Waals surface area (Å²) in [6.07, 6.45) is 3.78. The maximum absolute atomic E-state index is 14.3. The van der Waals surface area contributed by atoms with Crippen molar-refractivity contribution in [1.82, 2.24) is 20.2 Å². The maximum Gasteiger partial charge on any atom is 0.155 e. The van der Waals surface area contributed by atoms with Crippen molar-refractivity contribution in [1.29, 1.82) is 0 Å². The third-order valence-corrected chi connectivity index (χ3v) is 4.34. The molecule has 1 aliphatic rings. The minimum absolute atomic E-state index is 0.240. The number of H-pyrrole nitrogens is 1. The van der Waals surface area contributed by atoms with E-state index in [9.17, 15) is 4.39 Å². The topological polar surface area (TPSA) is 83.7 Å². The first-order valence-electron chi connectivity index (χ1n) is 7.70. The summed E-state index contributed by atoms with van der Waals surface area (Å²) >= 11 is 0. The van der Waals surface area contributed by atoms with Crippen LogP contribution in [-0.4, -0.2) is 39.3 Å². The Morgan fingerprint density at radius 2 is 2.22 bits per heavy atom. The minimum atomic E-state index is -0.394. The van der Waals surface area contributed by atoms with Crippen molar-refractivity contribution in [3.8, 4) is 11.4 Å². The molecule has 0 spiro atoms. The number of nitrogens with two attached hydrogens (primary N) is 1. The van der Waals surface area contributed by atoms with Gasteiger partial charge < -0.3 is 10.6 Å². The van der Waals surface area contributed by atoms with Crippen LogP contribution in [0.15, 0.2) is 30.5 Å². The summed E-state index contributed by atoms with van der Waals surface area (Å²) in [6.45, 7) is 1.46. The molecule has 1 fully saturated rings. The van der Waals surface area contributed by atoms with Gasteiger partial charge in [-0.25, -0.2) is 14.4 Å². The summed E-state index contributed by atoms with van der Waals surface area (Å²) in [6, 6.07) is 7.07. The molecule has 0 aromatic carbocycles. The zero-order valence-electron chi connectivity index (χ0n) is 12.5. The van der Waals surface area contributed by atoms with E-state index in [1.165, 1.54) is 6.07 Å². The van der Waals surface area contributed by atoms with Crippen molar-refractivity contribution in [3.05, 3.63) is 36.3 Å². The molecule has 3 N–H and O–H groups in total. The molecule has 1 aliphatic heterocycles. The van der Waals surface area contributed by atoms with Crippen LogP contribution in [0.2, 0.25) is 0 Å². The fourth-order valence-corrected chi connectivity index (χ4v) is 3.18. The molecule has 3 aromatic rings. The number of nitrogens with zero attached hydrogens (tertiary/aromatic N) is 4. The van der Waals surface area contributed by atoms with Crippen molar-refractivity contribution < 1.29 is 4.39 Å². The number of hydrogen-bond acceptors (Lipinski definition) is 5. The van der Waals surface area contributed by atoms with Gasteiger partial charge in [-0.1, -0.05) is 0 Å². The van der Waals surface area contributed by atoms with Crippen LogP contribution in [0.5, 0.6) is 0 Å². The van der Waals surface area contributed by atoms with Crippen molar-refractivity contribution in [3.63, 3.8) is 0 Å². The third kappa shape index (κ3) is 2.33. The Bertz CT molecular complexity index is 845. The molecule has 4 rings (SSSR count). The van der Waals surface area contributed by atoms with E-state index in [4.69, 9.17) is 5.73 Å². The number of anilines is 1. The number of aromatic amines is 1. The molecule has 118 valence electrons. The Morgan fingerprint density at radius 1 is 1.30 bits per heavy atom. The summed E-state index contributed by atoms with van der Waals surface area (Å²) < 4.78 is 14.3. The number of hydrogen-bond donors (Lipinski definition) is 2. The fourth-order valence-electron chi connectivity index (χ4n) is 3.18. The van der Waals surface area contributed by atoms with Crippen LogP contribution in [0.1, 0.15) is 12.8 Å². The molecule has 1 saturated heterocycles. The quantitative estimate of drug-likeness (QED) is 0.773. The van der Waals surface area contributed by atoms with E-state index in [0.717, 1.165) is 30.6 Å². The zero-order chi connectivity index (χ0) is 15.8. The monoisotopic (exact) mass is 312 g/mol. The molecule has 0 amide bonds. The molecule has 23 heavy (non-hydrogen) atoms. The van der Waals surface area contributed by atoms with Gasteiger partial charge in [0.2, 0.25) is 0 Å². The predicted molar refractivity (Wildman–Crippen MR) is 86.5 cm³/mol. The number of pyridine rings is 2. The Morgan fingerprint density at radius 3 is 3.09 bits per heavy atom. The van der Waals surface area contributed by atoms with Crippen molar-refractivity contribution >= 4 is 16.9 Å². The fraction of sp³-hybridized carbons (Fsp3) is 0.312. The lowest BCUT2D eigenvalue weighted by Crippen LogP contribution is -2.35. The van der Waals surface area contributed by atoms with E-state index in [1.807, 2.05) is 6.07 Å². The van der Waals surface area contributed by atoms with E-state index in [0.29, 0.717) is 17.9 Å². The van der Waals surface area contributed by atoms with Crippen LogP contribution >= 0.6 is 0 Å². The van der Waals surface area contributed by atoms with Crippen LogP contribution < -0.4 is 10.6 Å². The van der Waals surface area contributed by atoms with Crippen molar-refractivity contribution in [2.24, 2.45) is 5.73 Å². The van der Waals surface area contributed by atoms with E-state index in [2.05, 4.69) is 25.1 Å². The molecule has 6 nitrogen and oxygen atoms in total. The lowest BCUT2D eigenvalue weighted by molar-refractivity contribution is 0.621. The summed E-state index contributed by atoms with van der Waals surface area (Å²) in [4.78, 5) is 10.9. The molecule has 1 atom stereocenters. The Kier molecular flexibility index (Phi) is 3.42. The van der Waals surface area contributed by atoms with Gasteiger partial charge >= 0.3 is 0 Å². The largest absolute Gasteiger partial charge is 0.352 e. The molecule has 0 unspecified atom stereocenters. The Balaban J connectivity index is 1.81. The van der Waals surface area contributed by atoms with Gasteiger partial charge in [-0.05, 0) is 37.1 Å². The predicted octanol–water partition coefficient (Wildman–Crippen LogP) is 2.09. The molecule has 7 heteroatoms. The average molecular weight is 312 g/mol. The Labute approximate surface area is 132 Å². The van der Waals surface area contributed by atoms with Crippen LogP contribution in [0.3, 0.4) is 0 Å². The van der Waals surface area contributed by atoms with Crippen LogP contribution in [0, 0.1) is 5.82 Å². The van der Waals surface area contributed by atoms with E-state index < -0.39 is 5.82 Å². The highest BCUT2D eigenvalue weighted by Gasteiger charge is 2.25. The highest BCUT2D eigenvalue weighted by atomic mass is 19.1. The molecular formula is C16H17FN6. The molecule has 0 aliphatic carbocycles. The highest BCUT2D eigenvalue weighted by molar-refractivity contribution is 5.89.